The predicted molar refractivity (Wildman–Crippen MR) is 135 cm³/mol. The highest BCUT2D eigenvalue weighted by Gasteiger charge is 2.30. The van der Waals surface area contributed by atoms with Crippen molar-refractivity contribution in [2.75, 3.05) is 52.3 Å². The lowest BCUT2D eigenvalue weighted by Crippen LogP contribution is -2.50. The van der Waals surface area contributed by atoms with E-state index >= 15 is 0 Å². The number of carbonyl (C=O) groups is 2. The van der Waals surface area contributed by atoms with Gasteiger partial charge in [-0.25, -0.2) is 13.2 Å². The van der Waals surface area contributed by atoms with E-state index in [2.05, 4.69) is 15.5 Å². The van der Waals surface area contributed by atoms with Gasteiger partial charge >= 0.3 is 12.1 Å². The summed E-state index contributed by atoms with van der Waals surface area (Å²) in [5.74, 6) is 0.614. The SMILES string of the molecule is CCOC(=O)N1CCN(S(=O)(=O)c2ccc(C(=O)Nc3nnc(-c4ccc(OC)c(OC)c4)o3)cc2)CC1. The van der Waals surface area contributed by atoms with Gasteiger partial charge in [0, 0.05) is 37.3 Å². The van der Waals surface area contributed by atoms with Crippen molar-refractivity contribution in [1.29, 1.82) is 0 Å². The summed E-state index contributed by atoms with van der Waals surface area (Å²) >= 11 is 0. The first-order chi connectivity index (χ1) is 18.3. The van der Waals surface area contributed by atoms with Crippen molar-refractivity contribution in [3.63, 3.8) is 0 Å². The number of amides is 2. The molecule has 1 aromatic heterocycles. The van der Waals surface area contributed by atoms with Crippen molar-refractivity contribution >= 4 is 28.0 Å². The Balaban J connectivity index is 1.39. The maximum Gasteiger partial charge on any atom is 0.409 e. The van der Waals surface area contributed by atoms with Crippen LogP contribution in [-0.4, -0.2) is 86.8 Å². The van der Waals surface area contributed by atoms with Gasteiger partial charge in [0.15, 0.2) is 11.5 Å². The molecule has 1 fully saturated rings. The van der Waals surface area contributed by atoms with E-state index in [9.17, 15) is 18.0 Å². The summed E-state index contributed by atoms with van der Waals surface area (Å²) in [5, 5.41) is 10.3. The minimum absolute atomic E-state index is 0.0344. The van der Waals surface area contributed by atoms with Gasteiger partial charge in [-0.2, -0.15) is 4.31 Å². The summed E-state index contributed by atoms with van der Waals surface area (Å²) in [6.45, 7) is 2.71. The van der Waals surface area contributed by atoms with Gasteiger partial charge < -0.3 is 23.5 Å². The zero-order valence-electron chi connectivity index (χ0n) is 21.0. The van der Waals surface area contributed by atoms with E-state index < -0.39 is 22.0 Å². The molecule has 13 nitrogen and oxygen atoms in total. The van der Waals surface area contributed by atoms with Crippen molar-refractivity contribution in [2.24, 2.45) is 0 Å². The molecule has 14 heteroatoms. The standard InChI is InChI=1S/C24H27N5O8S/c1-4-36-24(31)28-11-13-29(14-12-28)38(32,33)18-8-5-16(6-9-18)21(30)25-23-27-26-22(37-23)17-7-10-19(34-2)20(15-17)35-3/h5-10,15H,4,11-14H2,1-3H3,(H,25,27,30). The predicted octanol–water partition coefficient (Wildman–Crippen LogP) is 2.47. The number of sulfonamides is 1. The number of anilines is 1. The van der Waals surface area contributed by atoms with Crippen molar-refractivity contribution in [3.05, 3.63) is 48.0 Å². The monoisotopic (exact) mass is 545 g/mol. The van der Waals surface area contributed by atoms with Crippen LogP contribution < -0.4 is 14.8 Å². The lowest BCUT2D eigenvalue weighted by atomic mass is 10.2. The molecule has 2 amide bonds. The first kappa shape index (κ1) is 26.9. The van der Waals surface area contributed by atoms with Crippen molar-refractivity contribution in [3.8, 4) is 23.0 Å². The lowest BCUT2D eigenvalue weighted by molar-refractivity contribution is 0.0933. The van der Waals surface area contributed by atoms with Crippen LogP contribution >= 0.6 is 0 Å². The first-order valence-corrected chi connectivity index (χ1v) is 13.1. The van der Waals surface area contributed by atoms with Crippen molar-refractivity contribution < 1.29 is 36.6 Å². The molecule has 0 radical (unpaired) electrons. The summed E-state index contributed by atoms with van der Waals surface area (Å²) < 4.78 is 48.3. The Kier molecular flexibility index (Phi) is 8.12. The summed E-state index contributed by atoms with van der Waals surface area (Å²) in [5.41, 5.74) is 0.759. The Bertz CT molecular complexity index is 1400. The van der Waals surface area contributed by atoms with E-state index in [0.717, 1.165) is 0 Å². The van der Waals surface area contributed by atoms with E-state index in [-0.39, 0.29) is 55.2 Å². The van der Waals surface area contributed by atoms with E-state index in [1.54, 1.807) is 25.1 Å². The highest BCUT2D eigenvalue weighted by Crippen LogP contribution is 2.32. The van der Waals surface area contributed by atoms with Crippen LogP contribution in [0.25, 0.3) is 11.5 Å². The smallest absolute Gasteiger partial charge is 0.409 e. The fraction of sp³-hybridized carbons (Fsp3) is 0.333. The highest BCUT2D eigenvalue weighted by atomic mass is 32.2. The van der Waals surface area contributed by atoms with Crippen LogP contribution in [0, 0.1) is 0 Å². The fourth-order valence-electron chi connectivity index (χ4n) is 3.78. The van der Waals surface area contributed by atoms with Gasteiger partial charge in [-0.1, -0.05) is 5.10 Å². The van der Waals surface area contributed by atoms with Gasteiger partial charge in [0.25, 0.3) is 5.91 Å². The quantitative estimate of drug-likeness (QED) is 0.446. The molecular formula is C24H27N5O8S. The van der Waals surface area contributed by atoms with Crippen LogP contribution in [0.15, 0.2) is 51.8 Å². The maximum absolute atomic E-state index is 13.0. The molecule has 0 saturated carbocycles. The van der Waals surface area contributed by atoms with Gasteiger partial charge in [0.2, 0.25) is 15.9 Å². The number of benzene rings is 2. The summed E-state index contributed by atoms with van der Waals surface area (Å²) in [7, 11) is -0.774. The number of nitrogens with one attached hydrogen (secondary N) is 1. The van der Waals surface area contributed by atoms with Crippen LogP contribution in [0.2, 0.25) is 0 Å². The molecule has 2 heterocycles. The first-order valence-electron chi connectivity index (χ1n) is 11.7. The Morgan fingerprint density at radius 3 is 2.29 bits per heavy atom. The van der Waals surface area contributed by atoms with Crippen molar-refractivity contribution in [1.82, 2.24) is 19.4 Å². The van der Waals surface area contributed by atoms with Crippen LogP contribution in [0.1, 0.15) is 17.3 Å². The molecule has 38 heavy (non-hydrogen) atoms. The van der Waals surface area contributed by atoms with E-state index in [1.807, 2.05) is 0 Å². The normalized spacial score (nSPS) is 14.1. The Morgan fingerprint density at radius 1 is 0.974 bits per heavy atom. The fourth-order valence-corrected chi connectivity index (χ4v) is 5.20. The second kappa shape index (κ2) is 11.5. The number of aromatic nitrogens is 2. The zero-order valence-corrected chi connectivity index (χ0v) is 21.9. The van der Waals surface area contributed by atoms with Gasteiger partial charge in [0.1, 0.15) is 0 Å². The van der Waals surface area contributed by atoms with Gasteiger partial charge in [0.05, 0.1) is 25.7 Å². The molecule has 3 aromatic rings. The average molecular weight is 546 g/mol. The van der Waals surface area contributed by atoms with E-state index in [0.29, 0.717) is 17.1 Å². The second-order valence-electron chi connectivity index (χ2n) is 8.05. The van der Waals surface area contributed by atoms with Gasteiger partial charge in [-0.15, -0.1) is 5.10 Å². The largest absolute Gasteiger partial charge is 0.493 e. The van der Waals surface area contributed by atoms with Gasteiger partial charge in [-0.3, -0.25) is 10.1 Å². The number of ether oxygens (including phenoxy) is 3. The van der Waals surface area contributed by atoms with E-state index in [1.165, 1.54) is 47.7 Å². The summed E-state index contributed by atoms with van der Waals surface area (Å²) in [6, 6.07) is 10.4. The third-order valence-electron chi connectivity index (χ3n) is 5.79. The summed E-state index contributed by atoms with van der Waals surface area (Å²) in [6.07, 6.45) is -0.461. The van der Waals surface area contributed by atoms with Crippen LogP contribution in [0.4, 0.5) is 10.8 Å². The van der Waals surface area contributed by atoms with Crippen LogP contribution in [0.3, 0.4) is 0 Å². The number of piperazine rings is 1. The molecule has 4 rings (SSSR count). The number of carbonyl (C=O) groups excluding carboxylic acids is 2. The number of hydrogen-bond acceptors (Lipinski definition) is 10. The molecule has 0 bridgehead atoms. The lowest BCUT2D eigenvalue weighted by Gasteiger charge is -2.33. The third-order valence-corrected chi connectivity index (χ3v) is 7.71. The number of nitrogens with zero attached hydrogens (tertiary/aromatic N) is 4. The van der Waals surface area contributed by atoms with Gasteiger partial charge in [-0.05, 0) is 49.4 Å². The molecule has 1 saturated heterocycles. The molecule has 0 unspecified atom stereocenters. The molecule has 0 atom stereocenters. The molecule has 1 aliphatic rings. The Hall–Kier alpha value is -4.17. The molecule has 0 spiro atoms. The molecule has 1 aliphatic heterocycles. The third kappa shape index (κ3) is 5.70. The highest BCUT2D eigenvalue weighted by molar-refractivity contribution is 7.89. The van der Waals surface area contributed by atoms with Crippen molar-refractivity contribution in [2.45, 2.75) is 11.8 Å². The van der Waals surface area contributed by atoms with Crippen LogP contribution in [0.5, 0.6) is 11.5 Å². The zero-order chi connectivity index (χ0) is 27.3. The molecular weight excluding hydrogens is 518 g/mol. The maximum atomic E-state index is 13.0. The molecule has 0 aliphatic carbocycles. The summed E-state index contributed by atoms with van der Waals surface area (Å²) in [4.78, 5) is 26.0. The number of methoxy groups -OCH3 is 2. The molecule has 1 N–H and O–H groups in total. The number of hydrogen-bond donors (Lipinski definition) is 1. The topological polar surface area (TPSA) is 153 Å². The second-order valence-corrected chi connectivity index (χ2v) is 9.99. The molecule has 2 aromatic carbocycles. The van der Waals surface area contributed by atoms with E-state index in [4.69, 9.17) is 18.6 Å². The Morgan fingerprint density at radius 2 is 1.66 bits per heavy atom. The average Bonchev–Trinajstić information content (AvgIpc) is 3.41. The minimum atomic E-state index is -3.80. The van der Waals surface area contributed by atoms with Crippen LogP contribution in [-0.2, 0) is 14.8 Å². The Labute approximate surface area is 219 Å². The minimum Gasteiger partial charge on any atom is -0.493 e. The number of rotatable bonds is 8. The molecule has 202 valence electrons.